The number of amides is 1. The topological polar surface area (TPSA) is 55.1 Å². The maximum Gasteiger partial charge on any atom is 0.220 e. The molecule has 0 aromatic carbocycles. The minimum Gasteiger partial charge on any atom is -0.350 e. The van der Waals surface area contributed by atoms with Gasteiger partial charge >= 0.3 is 0 Å². The number of carbonyl (C=O) groups is 1. The summed E-state index contributed by atoms with van der Waals surface area (Å²) >= 11 is 5.15. The third-order valence-electron chi connectivity index (χ3n) is 2.44. The Morgan fingerprint density at radius 1 is 1.53 bits per heavy atom. The lowest BCUT2D eigenvalue weighted by atomic mass is 10.1. The Balaban J connectivity index is 2.25. The molecule has 1 aromatic rings. The van der Waals surface area contributed by atoms with Crippen LogP contribution in [0.3, 0.4) is 0 Å². The molecule has 1 heterocycles. The highest BCUT2D eigenvalue weighted by Crippen LogP contribution is 2.23. The Labute approximate surface area is 115 Å². The molecule has 0 aliphatic rings. The number of aryl methyl sites for hydroxylation is 1. The molecule has 1 rings (SSSR count). The fourth-order valence-electron chi connectivity index (χ4n) is 1.40. The molecule has 1 amide bonds. The molecule has 0 spiro atoms. The largest absolute Gasteiger partial charge is 0.350 e. The highest BCUT2D eigenvalue weighted by Gasteiger charge is 2.17. The zero-order chi connectivity index (χ0) is 12.9. The zero-order valence-electron chi connectivity index (χ0n) is 10.3. The summed E-state index contributed by atoms with van der Waals surface area (Å²) in [6.07, 6.45) is 2.38. The first kappa shape index (κ1) is 14.7. The van der Waals surface area contributed by atoms with E-state index in [4.69, 9.17) is 5.73 Å². The number of carbonyl (C=O) groups excluding carboxylic acids is 1. The standard InChI is InChI=1S/C12H19BrN2OS/c1-12(2,8-14)15-11(16)5-3-4-9-6-7-10(13)17-9/h6-7H,3-5,8,14H2,1-2H3,(H,15,16). The van der Waals surface area contributed by atoms with Gasteiger partial charge in [0.15, 0.2) is 0 Å². The second-order valence-corrected chi connectivity index (χ2v) is 7.24. The van der Waals surface area contributed by atoms with Gasteiger partial charge in [0.2, 0.25) is 5.91 Å². The SMILES string of the molecule is CC(C)(CN)NC(=O)CCCc1ccc(Br)s1. The monoisotopic (exact) mass is 318 g/mol. The predicted molar refractivity (Wildman–Crippen MR) is 76.2 cm³/mol. The Bertz CT molecular complexity index is 376. The molecule has 0 aliphatic heterocycles. The normalized spacial score (nSPS) is 11.5. The van der Waals surface area contributed by atoms with E-state index in [0.29, 0.717) is 13.0 Å². The van der Waals surface area contributed by atoms with Gasteiger partial charge in [-0.2, -0.15) is 0 Å². The average Bonchev–Trinajstić information content (AvgIpc) is 2.63. The van der Waals surface area contributed by atoms with Crippen molar-refractivity contribution >= 4 is 33.2 Å². The molecule has 3 nitrogen and oxygen atoms in total. The summed E-state index contributed by atoms with van der Waals surface area (Å²) < 4.78 is 1.14. The number of hydrogen-bond acceptors (Lipinski definition) is 3. The van der Waals surface area contributed by atoms with Gasteiger partial charge in [0.25, 0.3) is 0 Å². The van der Waals surface area contributed by atoms with Crippen LogP contribution in [0.5, 0.6) is 0 Å². The molecule has 0 saturated heterocycles. The molecule has 0 fully saturated rings. The minimum absolute atomic E-state index is 0.0797. The zero-order valence-corrected chi connectivity index (χ0v) is 12.7. The average molecular weight is 319 g/mol. The van der Waals surface area contributed by atoms with E-state index in [1.165, 1.54) is 4.88 Å². The Morgan fingerprint density at radius 2 is 2.24 bits per heavy atom. The summed E-state index contributed by atoms with van der Waals surface area (Å²) in [5.74, 6) is 0.0797. The first-order valence-electron chi connectivity index (χ1n) is 5.68. The van der Waals surface area contributed by atoms with E-state index in [0.717, 1.165) is 16.6 Å². The summed E-state index contributed by atoms with van der Waals surface area (Å²) in [5, 5.41) is 2.93. The van der Waals surface area contributed by atoms with Gasteiger partial charge < -0.3 is 11.1 Å². The van der Waals surface area contributed by atoms with Crippen molar-refractivity contribution in [3.05, 3.63) is 20.8 Å². The maximum absolute atomic E-state index is 11.6. The number of rotatable bonds is 6. The molecule has 0 aliphatic carbocycles. The predicted octanol–water partition coefficient (Wildman–Crippen LogP) is 2.69. The van der Waals surface area contributed by atoms with Crippen LogP contribution in [-0.4, -0.2) is 18.0 Å². The van der Waals surface area contributed by atoms with Gasteiger partial charge in [0, 0.05) is 23.4 Å². The molecule has 0 saturated carbocycles. The third-order valence-corrected chi connectivity index (χ3v) is 4.13. The Hall–Kier alpha value is -0.390. The number of hydrogen-bond donors (Lipinski definition) is 2. The third kappa shape index (κ3) is 5.66. The summed E-state index contributed by atoms with van der Waals surface area (Å²) in [7, 11) is 0. The van der Waals surface area contributed by atoms with Crippen molar-refractivity contribution in [3.63, 3.8) is 0 Å². The van der Waals surface area contributed by atoms with Crippen LogP contribution >= 0.6 is 27.3 Å². The minimum atomic E-state index is -0.303. The van der Waals surface area contributed by atoms with Crippen molar-refractivity contribution in [2.75, 3.05) is 6.54 Å². The summed E-state index contributed by atoms with van der Waals surface area (Å²) in [5.41, 5.74) is 5.26. The lowest BCUT2D eigenvalue weighted by Crippen LogP contribution is -2.48. The van der Waals surface area contributed by atoms with Crippen molar-refractivity contribution < 1.29 is 4.79 Å². The van der Waals surface area contributed by atoms with Crippen molar-refractivity contribution in [2.45, 2.75) is 38.6 Å². The van der Waals surface area contributed by atoms with Crippen LogP contribution in [-0.2, 0) is 11.2 Å². The lowest BCUT2D eigenvalue weighted by molar-refractivity contribution is -0.122. The van der Waals surface area contributed by atoms with E-state index in [9.17, 15) is 4.79 Å². The van der Waals surface area contributed by atoms with Crippen molar-refractivity contribution in [3.8, 4) is 0 Å². The fourth-order valence-corrected chi connectivity index (χ4v) is 2.93. The molecule has 1 aromatic heterocycles. The van der Waals surface area contributed by atoms with Gasteiger partial charge in [-0.15, -0.1) is 11.3 Å². The van der Waals surface area contributed by atoms with Gasteiger partial charge in [-0.25, -0.2) is 0 Å². The van der Waals surface area contributed by atoms with Crippen LogP contribution in [0.1, 0.15) is 31.6 Å². The van der Waals surface area contributed by atoms with Crippen molar-refractivity contribution in [2.24, 2.45) is 5.73 Å². The Morgan fingerprint density at radius 3 is 2.76 bits per heavy atom. The molecule has 0 radical (unpaired) electrons. The highest BCUT2D eigenvalue weighted by atomic mass is 79.9. The Kier molecular flexibility index (Phi) is 5.62. The van der Waals surface area contributed by atoms with Crippen molar-refractivity contribution in [1.29, 1.82) is 0 Å². The van der Waals surface area contributed by atoms with E-state index < -0.39 is 0 Å². The quantitative estimate of drug-likeness (QED) is 0.847. The molecule has 0 bridgehead atoms. The van der Waals surface area contributed by atoms with Gasteiger partial charge in [-0.3, -0.25) is 4.79 Å². The number of thiophene rings is 1. The number of halogens is 1. The van der Waals surface area contributed by atoms with E-state index in [-0.39, 0.29) is 11.4 Å². The molecular weight excluding hydrogens is 300 g/mol. The molecule has 0 atom stereocenters. The van der Waals surface area contributed by atoms with Crippen LogP contribution < -0.4 is 11.1 Å². The van der Waals surface area contributed by atoms with E-state index in [2.05, 4.69) is 27.3 Å². The molecule has 96 valence electrons. The molecule has 3 N–H and O–H groups in total. The van der Waals surface area contributed by atoms with Gasteiger partial charge in [-0.05, 0) is 54.8 Å². The molecule has 0 unspecified atom stereocenters. The van der Waals surface area contributed by atoms with Crippen molar-refractivity contribution in [1.82, 2.24) is 5.32 Å². The second-order valence-electron chi connectivity index (χ2n) is 4.70. The molecule has 5 heteroatoms. The summed E-state index contributed by atoms with van der Waals surface area (Å²) in [4.78, 5) is 12.9. The maximum atomic E-state index is 11.6. The van der Waals surface area contributed by atoms with Crippen LogP contribution in [0.2, 0.25) is 0 Å². The van der Waals surface area contributed by atoms with E-state index >= 15 is 0 Å². The van der Waals surface area contributed by atoms with Gasteiger partial charge in [0.1, 0.15) is 0 Å². The van der Waals surface area contributed by atoms with Crippen LogP contribution in [0.15, 0.2) is 15.9 Å². The molecular formula is C12H19BrN2OS. The van der Waals surface area contributed by atoms with Gasteiger partial charge in [0.05, 0.1) is 3.79 Å². The summed E-state index contributed by atoms with van der Waals surface area (Å²) in [6, 6.07) is 4.13. The summed E-state index contributed by atoms with van der Waals surface area (Å²) in [6.45, 7) is 4.32. The van der Waals surface area contributed by atoms with Gasteiger partial charge in [-0.1, -0.05) is 0 Å². The van der Waals surface area contributed by atoms with Crippen LogP contribution in [0.25, 0.3) is 0 Å². The smallest absolute Gasteiger partial charge is 0.220 e. The van der Waals surface area contributed by atoms with Crippen LogP contribution in [0, 0.1) is 0 Å². The first-order chi connectivity index (χ1) is 7.93. The fraction of sp³-hybridized carbons (Fsp3) is 0.583. The second kappa shape index (κ2) is 6.52. The number of nitrogens with one attached hydrogen (secondary N) is 1. The first-order valence-corrected chi connectivity index (χ1v) is 7.29. The molecule has 17 heavy (non-hydrogen) atoms. The van der Waals surface area contributed by atoms with Crippen LogP contribution in [0.4, 0.5) is 0 Å². The van der Waals surface area contributed by atoms with E-state index in [1.807, 2.05) is 19.9 Å². The highest BCUT2D eigenvalue weighted by molar-refractivity contribution is 9.11. The number of nitrogens with two attached hydrogens (primary N) is 1. The van der Waals surface area contributed by atoms with E-state index in [1.54, 1.807) is 11.3 Å². The lowest BCUT2D eigenvalue weighted by Gasteiger charge is -2.24.